The number of rotatable bonds is 7. The van der Waals surface area contributed by atoms with E-state index >= 15 is 0 Å². The minimum atomic E-state index is -0.849. The molecule has 0 radical (unpaired) electrons. The van der Waals surface area contributed by atoms with E-state index in [2.05, 4.69) is 21.9 Å². The number of benzene rings is 1. The SMILES string of the molecule is CN=C(NCCS(=O)Cc1ccccc1)NC1CCC(SC)C1. The first-order valence-corrected chi connectivity index (χ1v) is 10.9. The lowest BCUT2D eigenvalue weighted by Crippen LogP contribution is -2.43. The largest absolute Gasteiger partial charge is 0.355 e. The highest BCUT2D eigenvalue weighted by Crippen LogP contribution is 2.27. The second-order valence-electron chi connectivity index (χ2n) is 5.78. The Labute approximate surface area is 146 Å². The van der Waals surface area contributed by atoms with Gasteiger partial charge in [-0.2, -0.15) is 11.8 Å². The van der Waals surface area contributed by atoms with E-state index in [-0.39, 0.29) is 0 Å². The Kier molecular flexibility index (Phi) is 7.95. The van der Waals surface area contributed by atoms with Crippen LogP contribution in [0.1, 0.15) is 24.8 Å². The Hall–Kier alpha value is -1.01. The third-order valence-corrected chi connectivity index (χ3v) is 6.48. The van der Waals surface area contributed by atoms with Crippen molar-refractivity contribution in [3.8, 4) is 0 Å². The average molecular weight is 354 g/mol. The Morgan fingerprint density at radius 1 is 1.35 bits per heavy atom. The van der Waals surface area contributed by atoms with E-state index in [9.17, 15) is 4.21 Å². The van der Waals surface area contributed by atoms with Crippen LogP contribution in [0.2, 0.25) is 0 Å². The van der Waals surface area contributed by atoms with Crippen molar-refractivity contribution in [3.63, 3.8) is 0 Å². The summed E-state index contributed by atoms with van der Waals surface area (Å²) in [5.41, 5.74) is 1.13. The first-order chi connectivity index (χ1) is 11.2. The molecule has 6 heteroatoms. The average Bonchev–Trinajstić information content (AvgIpc) is 3.02. The highest BCUT2D eigenvalue weighted by molar-refractivity contribution is 7.99. The van der Waals surface area contributed by atoms with E-state index in [0.717, 1.165) is 16.8 Å². The summed E-state index contributed by atoms with van der Waals surface area (Å²) in [6, 6.07) is 10.5. The Morgan fingerprint density at radius 2 is 2.13 bits per heavy atom. The lowest BCUT2D eigenvalue weighted by Gasteiger charge is -2.17. The number of nitrogens with zero attached hydrogens (tertiary/aromatic N) is 1. The Balaban J connectivity index is 1.66. The molecule has 1 aromatic carbocycles. The molecule has 2 N–H and O–H groups in total. The molecule has 1 saturated carbocycles. The van der Waals surface area contributed by atoms with E-state index in [1.54, 1.807) is 7.05 Å². The zero-order valence-corrected chi connectivity index (χ0v) is 15.6. The molecule has 4 nitrogen and oxygen atoms in total. The third-order valence-electron chi connectivity index (χ3n) is 4.07. The van der Waals surface area contributed by atoms with Crippen LogP contribution in [0, 0.1) is 0 Å². The first kappa shape index (κ1) is 18.3. The minimum Gasteiger partial charge on any atom is -0.355 e. The van der Waals surface area contributed by atoms with Crippen LogP contribution in [0.25, 0.3) is 0 Å². The number of guanidine groups is 1. The van der Waals surface area contributed by atoms with Crippen LogP contribution in [0.4, 0.5) is 0 Å². The highest BCUT2D eigenvalue weighted by Gasteiger charge is 2.24. The topological polar surface area (TPSA) is 53.5 Å². The van der Waals surface area contributed by atoms with E-state index < -0.39 is 10.8 Å². The molecule has 0 aliphatic heterocycles. The molecule has 1 aliphatic rings. The molecule has 3 atom stereocenters. The van der Waals surface area contributed by atoms with Gasteiger partial charge in [-0.3, -0.25) is 9.20 Å². The lowest BCUT2D eigenvalue weighted by atomic mass is 10.2. The van der Waals surface area contributed by atoms with E-state index in [4.69, 9.17) is 0 Å². The minimum absolute atomic E-state index is 0.508. The van der Waals surface area contributed by atoms with Crippen molar-refractivity contribution in [1.82, 2.24) is 10.6 Å². The summed E-state index contributed by atoms with van der Waals surface area (Å²) in [6.45, 7) is 0.678. The van der Waals surface area contributed by atoms with Crippen molar-refractivity contribution in [2.45, 2.75) is 36.3 Å². The fourth-order valence-corrected chi connectivity index (χ4v) is 4.62. The summed E-state index contributed by atoms with van der Waals surface area (Å²) >= 11 is 1.95. The van der Waals surface area contributed by atoms with Crippen LogP contribution < -0.4 is 10.6 Å². The van der Waals surface area contributed by atoms with Gasteiger partial charge in [-0.15, -0.1) is 0 Å². The maximum atomic E-state index is 12.1. The number of nitrogens with one attached hydrogen (secondary N) is 2. The van der Waals surface area contributed by atoms with Gasteiger partial charge < -0.3 is 10.6 Å². The number of hydrogen-bond donors (Lipinski definition) is 2. The van der Waals surface area contributed by atoms with Gasteiger partial charge >= 0.3 is 0 Å². The Morgan fingerprint density at radius 3 is 2.78 bits per heavy atom. The van der Waals surface area contributed by atoms with Gasteiger partial charge in [-0.05, 0) is 31.1 Å². The zero-order chi connectivity index (χ0) is 16.5. The van der Waals surface area contributed by atoms with Crippen LogP contribution in [-0.4, -0.2) is 47.1 Å². The molecule has 0 spiro atoms. The fraction of sp³-hybridized carbons (Fsp3) is 0.588. The summed E-state index contributed by atoms with van der Waals surface area (Å²) in [5, 5.41) is 7.53. The smallest absolute Gasteiger partial charge is 0.191 e. The second kappa shape index (κ2) is 9.98. The van der Waals surface area contributed by atoms with Crippen molar-refractivity contribution in [2.75, 3.05) is 25.6 Å². The van der Waals surface area contributed by atoms with Gasteiger partial charge in [0, 0.05) is 47.2 Å². The predicted octanol–water partition coefficient (Wildman–Crippen LogP) is 2.38. The molecule has 0 amide bonds. The molecule has 0 heterocycles. The van der Waals surface area contributed by atoms with Crippen LogP contribution in [0.3, 0.4) is 0 Å². The maximum Gasteiger partial charge on any atom is 0.191 e. The van der Waals surface area contributed by atoms with Crippen molar-refractivity contribution in [1.29, 1.82) is 0 Å². The van der Waals surface area contributed by atoms with E-state index in [0.29, 0.717) is 24.1 Å². The van der Waals surface area contributed by atoms with Crippen molar-refractivity contribution >= 4 is 28.5 Å². The van der Waals surface area contributed by atoms with Crippen LogP contribution in [0.15, 0.2) is 35.3 Å². The number of thioether (sulfide) groups is 1. The highest BCUT2D eigenvalue weighted by atomic mass is 32.2. The van der Waals surface area contributed by atoms with Crippen molar-refractivity contribution in [3.05, 3.63) is 35.9 Å². The molecule has 128 valence electrons. The van der Waals surface area contributed by atoms with Gasteiger partial charge in [0.05, 0.1) is 0 Å². The summed E-state index contributed by atoms with van der Waals surface area (Å²) in [7, 11) is 0.940. The van der Waals surface area contributed by atoms with Crippen LogP contribution in [0.5, 0.6) is 0 Å². The van der Waals surface area contributed by atoms with E-state index in [1.165, 1.54) is 19.3 Å². The molecule has 3 unspecified atom stereocenters. The normalized spacial score (nSPS) is 22.8. The fourth-order valence-electron chi connectivity index (χ4n) is 2.79. The van der Waals surface area contributed by atoms with E-state index in [1.807, 2.05) is 42.1 Å². The van der Waals surface area contributed by atoms with Crippen molar-refractivity contribution < 1.29 is 4.21 Å². The lowest BCUT2D eigenvalue weighted by molar-refractivity contribution is 0.617. The molecule has 0 bridgehead atoms. The second-order valence-corrected chi connectivity index (χ2v) is 8.50. The monoisotopic (exact) mass is 353 g/mol. The van der Waals surface area contributed by atoms with Gasteiger partial charge in [-0.1, -0.05) is 30.3 Å². The molecule has 0 aromatic heterocycles. The maximum absolute atomic E-state index is 12.1. The molecule has 2 rings (SSSR count). The molecular weight excluding hydrogens is 326 g/mol. The number of aliphatic imine (C=N–C) groups is 1. The number of hydrogen-bond acceptors (Lipinski definition) is 3. The molecule has 0 saturated heterocycles. The van der Waals surface area contributed by atoms with Crippen LogP contribution >= 0.6 is 11.8 Å². The van der Waals surface area contributed by atoms with Crippen LogP contribution in [-0.2, 0) is 16.6 Å². The third kappa shape index (κ3) is 6.55. The Bertz CT molecular complexity index is 522. The molecule has 1 fully saturated rings. The summed E-state index contributed by atoms with van der Waals surface area (Å²) < 4.78 is 12.1. The predicted molar refractivity (Wildman–Crippen MR) is 103 cm³/mol. The molecular formula is C17H27N3OS2. The molecule has 1 aliphatic carbocycles. The molecule has 23 heavy (non-hydrogen) atoms. The summed E-state index contributed by atoms with van der Waals surface area (Å²) in [4.78, 5) is 4.27. The van der Waals surface area contributed by atoms with Gasteiger partial charge in [0.25, 0.3) is 0 Å². The van der Waals surface area contributed by atoms with Gasteiger partial charge in [0.1, 0.15) is 0 Å². The zero-order valence-electron chi connectivity index (χ0n) is 14.0. The van der Waals surface area contributed by atoms with Gasteiger partial charge in [-0.25, -0.2) is 0 Å². The summed E-state index contributed by atoms with van der Waals surface area (Å²) in [6.07, 6.45) is 5.85. The summed E-state index contributed by atoms with van der Waals surface area (Å²) in [5.74, 6) is 2.08. The quantitative estimate of drug-likeness (QED) is 0.584. The van der Waals surface area contributed by atoms with Gasteiger partial charge in [0.15, 0.2) is 5.96 Å². The first-order valence-electron chi connectivity index (χ1n) is 8.10. The van der Waals surface area contributed by atoms with Gasteiger partial charge in [0.2, 0.25) is 0 Å². The standard InChI is InChI=1S/C17H27N3OS2/c1-18-17(20-15-8-9-16(12-15)22-2)19-10-11-23(21)13-14-6-4-3-5-7-14/h3-7,15-16H,8-13H2,1-2H3,(H2,18,19,20). The molecule has 1 aromatic rings. The van der Waals surface area contributed by atoms with Crippen molar-refractivity contribution in [2.24, 2.45) is 4.99 Å².